The molecule has 4 nitrogen and oxygen atoms in total. The van der Waals surface area contributed by atoms with Gasteiger partial charge in [0.05, 0.1) is 30.3 Å². The van der Waals surface area contributed by atoms with Crippen LogP contribution in [-0.2, 0) is 0 Å². The zero-order chi connectivity index (χ0) is 10.7. The van der Waals surface area contributed by atoms with Gasteiger partial charge in [0.1, 0.15) is 0 Å². The van der Waals surface area contributed by atoms with Crippen molar-refractivity contribution >= 4 is 11.3 Å². The molecule has 0 radical (unpaired) electrons. The van der Waals surface area contributed by atoms with Crippen molar-refractivity contribution in [3.05, 3.63) is 23.8 Å². The standard InChI is InChI=1S/C10H10N2O2S/c1-13-8-4-3-7(12-10(8)14-2)9-5-11-6-15-9/h3-6H,1-2H3. The third-order valence-corrected chi connectivity index (χ3v) is 2.72. The van der Waals surface area contributed by atoms with Gasteiger partial charge in [0.25, 0.3) is 5.88 Å². The van der Waals surface area contributed by atoms with Gasteiger partial charge in [-0.3, -0.25) is 4.98 Å². The lowest BCUT2D eigenvalue weighted by Gasteiger charge is -2.06. The molecule has 2 aromatic rings. The first-order valence-corrected chi connectivity index (χ1v) is 5.21. The molecule has 0 unspecified atom stereocenters. The van der Waals surface area contributed by atoms with Crippen LogP contribution >= 0.6 is 11.3 Å². The van der Waals surface area contributed by atoms with Crippen LogP contribution in [0.5, 0.6) is 11.6 Å². The quantitative estimate of drug-likeness (QED) is 0.798. The molecular weight excluding hydrogens is 212 g/mol. The number of methoxy groups -OCH3 is 2. The number of ether oxygens (including phenoxy) is 2. The van der Waals surface area contributed by atoms with Gasteiger partial charge in [-0.1, -0.05) is 0 Å². The van der Waals surface area contributed by atoms with E-state index in [4.69, 9.17) is 9.47 Å². The molecule has 0 atom stereocenters. The van der Waals surface area contributed by atoms with E-state index >= 15 is 0 Å². The normalized spacial score (nSPS) is 10.0. The Labute approximate surface area is 91.5 Å². The van der Waals surface area contributed by atoms with E-state index in [1.165, 1.54) is 11.3 Å². The maximum absolute atomic E-state index is 5.12. The van der Waals surface area contributed by atoms with Gasteiger partial charge in [-0.15, -0.1) is 11.3 Å². The maximum atomic E-state index is 5.12. The smallest absolute Gasteiger partial charge is 0.257 e. The summed E-state index contributed by atoms with van der Waals surface area (Å²) in [4.78, 5) is 9.34. The van der Waals surface area contributed by atoms with Crippen LogP contribution in [0, 0.1) is 0 Å². The third-order valence-electron chi connectivity index (χ3n) is 1.92. The van der Waals surface area contributed by atoms with Crippen molar-refractivity contribution in [3.63, 3.8) is 0 Å². The van der Waals surface area contributed by atoms with Crippen molar-refractivity contribution in [2.75, 3.05) is 14.2 Å². The molecule has 0 bridgehead atoms. The second kappa shape index (κ2) is 4.27. The van der Waals surface area contributed by atoms with Crippen molar-refractivity contribution < 1.29 is 9.47 Å². The minimum absolute atomic E-state index is 0.489. The fraction of sp³-hybridized carbons (Fsp3) is 0.200. The molecule has 2 rings (SSSR count). The molecular formula is C10H10N2O2S. The van der Waals surface area contributed by atoms with Crippen molar-refractivity contribution in [2.24, 2.45) is 0 Å². The Bertz CT molecular complexity index is 443. The summed E-state index contributed by atoms with van der Waals surface area (Å²) in [7, 11) is 3.16. The van der Waals surface area contributed by atoms with Crippen LogP contribution in [0.15, 0.2) is 23.8 Å². The number of nitrogens with zero attached hydrogens (tertiary/aromatic N) is 2. The zero-order valence-corrected chi connectivity index (χ0v) is 9.25. The van der Waals surface area contributed by atoms with Crippen LogP contribution in [0.3, 0.4) is 0 Å². The van der Waals surface area contributed by atoms with E-state index in [9.17, 15) is 0 Å². The summed E-state index contributed by atoms with van der Waals surface area (Å²) in [5, 5.41) is 0. The van der Waals surface area contributed by atoms with Gasteiger partial charge in [0, 0.05) is 6.20 Å². The summed E-state index contributed by atoms with van der Waals surface area (Å²) in [6.45, 7) is 0. The molecule has 0 amide bonds. The fourth-order valence-electron chi connectivity index (χ4n) is 1.21. The molecule has 2 heterocycles. The Hall–Kier alpha value is -1.62. The SMILES string of the molecule is COc1ccc(-c2cncs2)nc1OC. The van der Waals surface area contributed by atoms with Crippen LogP contribution < -0.4 is 9.47 Å². The van der Waals surface area contributed by atoms with E-state index in [0.717, 1.165) is 10.6 Å². The molecule has 0 aromatic carbocycles. The van der Waals surface area contributed by atoms with Crippen molar-refractivity contribution in [2.45, 2.75) is 0 Å². The van der Waals surface area contributed by atoms with Crippen molar-refractivity contribution in [1.29, 1.82) is 0 Å². The second-order valence-electron chi connectivity index (χ2n) is 2.77. The molecule has 0 spiro atoms. The predicted molar refractivity (Wildman–Crippen MR) is 58.4 cm³/mol. The average molecular weight is 222 g/mol. The van der Waals surface area contributed by atoms with Gasteiger partial charge in [-0.25, -0.2) is 4.98 Å². The van der Waals surface area contributed by atoms with E-state index in [0.29, 0.717) is 11.6 Å². The van der Waals surface area contributed by atoms with Gasteiger partial charge in [0.2, 0.25) is 0 Å². The first-order valence-electron chi connectivity index (χ1n) is 4.33. The highest BCUT2D eigenvalue weighted by Crippen LogP contribution is 2.29. The van der Waals surface area contributed by atoms with Gasteiger partial charge >= 0.3 is 0 Å². The van der Waals surface area contributed by atoms with E-state index < -0.39 is 0 Å². The summed E-state index contributed by atoms with van der Waals surface area (Å²) in [5.74, 6) is 1.12. The summed E-state index contributed by atoms with van der Waals surface area (Å²) in [6.07, 6.45) is 1.78. The summed E-state index contributed by atoms with van der Waals surface area (Å²) < 4.78 is 10.2. The Balaban J connectivity index is 2.43. The summed E-state index contributed by atoms with van der Waals surface area (Å²) >= 11 is 1.54. The number of hydrogen-bond donors (Lipinski definition) is 0. The molecule has 0 aliphatic carbocycles. The second-order valence-corrected chi connectivity index (χ2v) is 3.66. The van der Waals surface area contributed by atoms with E-state index in [-0.39, 0.29) is 0 Å². The maximum Gasteiger partial charge on any atom is 0.257 e. The largest absolute Gasteiger partial charge is 0.491 e. The van der Waals surface area contributed by atoms with Crippen LogP contribution in [0.1, 0.15) is 0 Å². The number of rotatable bonds is 3. The highest BCUT2D eigenvalue weighted by molar-refractivity contribution is 7.13. The Kier molecular flexibility index (Phi) is 2.82. The summed E-state index contributed by atoms with van der Waals surface area (Å²) in [6, 6.07) is 3.72. The molecule has 0 aliphatic rings. The van der Waals surface area contributed by atoms with Gasteiger partial charge < -0.3 is 9.47 Å². The highest BCUT2D eigenvalue weighted by atomic mass is 32.1. The topological polar surface area (TPSA) is 44.2 Å². The molecule has 0 N–H and O–H groups in total. The number of thiazole rings is 1. The predicted octanol–water partition coefficient (Wildman–Crippen LogP) is 2.22. The van der Waals surface area contributed by atoms with Gasteiger partial charge in [-0.2, -0.15) is 0 Å². The molecule has 0 saturated heterocycles. The van der Waals surface area contributed by atoms with Crippen LogP contribution in [0.4, 0.5) is 0 Å². The third kappa shape index (κ3) is 1.92. The van der Waals surface area contributed by atoms with Gasteiger partial charge in [0.15, 0.2) is 5.75 Å². The van der Waals surface area contributed by atoms with E-state index in [1.54, 1.807) is 25.9 Å². The Morgan fingerprint density at radius 1 is 1.20 bits per heavy atom. The molecule has 0 aliphatic heterocycles. The average Bonchev–Trinajstić information content (AvgIpc) is 2.81. The van der Waals surface area contributed by atoms with Crippen LogP contribution in [0.2, 0.25) is 0 Å². The molecule has 78 valence electrons. The highest BCUT2D eigenvalue weighted by Gasteiger charge is 2.08. The minimum Gasteiger partial charge on any atom is -0.491 e. The molecule has 2 aromatic heterocycles. The first kappa shape index (κ1) is 9.92. The number of hydrogen-bond acceptors (Lipinski definition) is 5. The van der Waals surface area contributed by atoms with Crippen molar-refractivity contribution in [3.8, 4) is 22.2 Å². The van der Waals surface area contributed by atoms with Crippen LogP contribution in [0.25, 0.3) is 10.6 Å². The molecule has 0 saturated carbocycles. The van der Waals surface area contributed by atoms with E-state index in [1.807, 2.05) is 12.1 Å². The lowest BCUT2D eigenvalue weighted by molar-refractivity contribution is 0.343. The van der Waals surface area contributed by atoms with Gasteiger partial charge in [-0.05, 0) is 12.1 Å². The molecule has 0 fully saturated rings. The molecule has 5 heteroatoms. The zero-order valence-electron chi connectivity index (χ0n) is 8.43. The minimum atomic E-state index is 0.489. The Morgan fingerprint density at radius 3 is 2.67 bits per heavy atom. The Morgan fingerprint density at radius 2 is 2.07 bits per heavy atom. The number of aromatic nitrogens is 2. The van der Waals surface area contributed by atoms with Crippen molar-refractivity contribution in [1.82, 2.24) is 9.97 Å². The van der Waals surface area contributed by atoms with E-state index in [2.05, 4.69) is 9.97 Å². The molecule has 15 heavy (non-hydrogen) atoms. The lowest BCUT2D eigenvalue weighted by atomic mass is 10.3. The first-order chi connectivity index (χ1) is 7.35. The van der Waals surface area contributed by atoms with Crippen LogP contribution in [-0.4, -0.2) is 24.2 Å². The fourth-order valence-corrected chi connectivity index (χ4v) is 1.80. The monoisotopic (exact) mass is 222 g/mol. The lowest BCUT2D eigenvalue weighted by Crippen LogP contribution is -1.94. The number of pyridine rings is 1. The summed E-state index contributed by atoms with van der Waals surface area (Å²) in [5.41, 5.74) is 2.61.